The maximum Gasteiger partial charge on any atom is 0.216 e. The number of rotatable bonds is 4. The molecule has 0 heterocycles. The van der Waals surface area contributed by atoms with Crippen molar-refractivity contribution in [1.82, 2.24) is 5.32 Å². The van der Waals surface area contributed by atoms with Crippen molar-refractivity contribution >= 4 is 23.6 Å². The molecule has 1 aromatic carbocycles. The molecular weight excluding hydrogens is 226 g/mol. The quantitative estimate of drug-likeness (QED) is 0.794. The smallest absolute Gasteiger partial charge is 0.216 e. The number of phenols is 1. The molecule has 16 heavy (non-hydrogen) atoms. The predicted octanol–water partition coefficient (Wildman–Crippen LogP) is 2.59. The van der Waals surface area contributed by atoms with Crippen molar-refractivity contribution in [2.45, 2.75) is 13.3 Å². The average molecular weight is 240 g/mol. The maximum atomic E-state index is 10.6. The van der Waals surface area contributed by atoms with Gasteiger partial charge in [0.05, 0.1) is 5.02 Å². The lowest BCUT2D eigenvalue weighted by Gasteiger charge is -1.99. The first-order valence-electron chi connectivity index (χ1n) is 4.99. The van der Waals surface area contributed by atoms with Crippen LogP contribution in [0.2, 0.25) is 5.02 Å². The van der Waals surface area contributed by atoms with Crippen LogP contribution >= 0.6 is 11.6 Å². The van der Waals surface area contributed by atoms with Crippen molar-refractivity contribution in [3.8, 4) is 5.75 Å². The first-order chi connectivity index (χ1) is 7.59. The van der Waals surface area contributed by atoms with Gasteiger partial charge in [-0.15, -0.1) is 0 Å². The van der Waals surface area contributed by atoms with E-state index in [4.69, 9.17) is 11.6 Å². The van der Waals surface area contributed by atoms with E-state index in [1.807, 2.05) is 12.2 Å². The van der Waals surface area contributed by atoms with Crippen molar-refractivity contribution < 1.29 is 9.90 Å². The number of carbonyl (C=O) groups is 1. The zero-order valence-electron chi connectivity index (χ0n) is 9.03. The van der Waals surface area contributed by atoms with E-state index in [1.165, 1.54) is 6.92 Å². The summed E-state index contributed by atoms with van der Waals surface area (Å²) in [5, 5.41) is 12.2. The first-order valence-corrected chi connectivity index (χ1v) is 5.37. The van der Waals surface area contributed by atoms with E-state index in [0.29, 0.717) is 11.6 Å². The van der Waals surface area contributed by atoms with Crippen molar-refractivity contribution in [1.29, 1.82) is 0 Å². The van der Waals surface area contributed by atoms with Crippen LogP contribution in [-0.2, 0) is 4.79 Å². The van der Waals surface area contributed by atoms with E-state index < -0.39 is 0 Å². The summed E-state index contributed by atoms with van der Waals surface area (Å²) >= 11 is 5.75. The van der Waals surface area contributed by atoms with Gasteiger partial charge in [0, 0.05) is 13.5 Å². The molecule has 0 saturated heterocycles. The van der Waals surface area contributed by atoms with E-state index in [1.54, 1.807) is 18.2 Å². The fourth-order valence-electron chi connectivity index (χ4n) is 1.18. The second-order valence-corrected chi connectivity index (χ2v) is 3.79. The van der Waals surface area contributed by atoms with Gasteiger partial charge in [-0.05, 0) is 24.1 Å². The summed E-state index contributed by atoms with van der Waals surface area (Å²) in [5.74, 6) is 0.0538. The third-order valence-electron chi connectivity index (χ3n) is 1.97. The van der Waals surface area contributed by atoms with Crippen LogP contribution in [0.15, 0.2) is 24.3 Å². The molecule has 1 rings (SSSR count). The third-order valence-corrected chi connectivity index (χ3v) is 2.27. The number of nitrogens with one attached hydrogen (secondary N) is 1. The molecule has 0 aliphatic heterocycles. The van der Waals surface area contributed by atoms with Crippen molar-refractivity contribution in [2.24, 2.45) is 0 Å². The largest absolute Gasteiger partial charge is 0.506 e. The Morgan fingerprint density at radius 3 is 2.94 bits per heavy atom. The highest BCUT2D eigenvalue weighted by molar-refractivity contribution is 6.32. The Bertz CT molecular complexity index is 402. The minimum Gasteiger partial charge on any atom is -0.506 e. The molecule has 2 N–H and O–H groups in total. The normalized spacial score (nSPS) is 10.6. The molecule has 0 radical (unpaired) electrons. The van der Waals surface area contributed by atoms with Crippen LogP contribution in [0.3, 0.4) is 0 Å². The second kappa shape index (κ2) is 6.18. The third kappa shape index (κ3) is 4.36. The van der Waals surface area contributed by atoms with Gasteiger partial charge in [0.25, 0.3) is 0 Å². The molecule has 0 aliphatic carbocycles. The maximum absolute atomic E-state index is 10.6. The number of aromatic hydroxyl groups is 1. The standard InChI is InChI=1S/C12H14ClNO2/c1-9(15)14-7-3-2-4-10-5-6-12(16)11(13)8-10/h2,4-6,8,16H,3,7H2,1H3,(H,14,15). The number of halogens is 1. The Morgan fingerprint density at radius 2 is 2.31 bits per heavy atom. The monoisotopic (exact) mass is 239 g/mol. The van der Waals surface area contributed by atoms with E-state index in [9.17, 15) is 9.90 Å². The number of carbonyl (C=O) groups excluding carboxylic acids is 1. The van der Waals surface area contributed by atoms with Gasteiger partial charge >= 0.3 is 0 Å². The summed E-state index contributed by atoms with van der Waals surface area (Å²) < 4.78 is 0. The fourth-order valence-corrected chi connectivity index (χ4v) is 1.37. The van der Waals surface area contributed by atoms with Crippen LogP contribution < -0.4 is 5.32 Å². The van der Waals surface area contributed by atoms with Gasteiger partial charge in [0.1, 0.15) is 5.75 Å². The van der Waals surface area contributed by atoms with E-state index >= 15 is 0 Å². The van der Waals surface area contributed by atoms with Crippen LogP contribution in [0.4, 0.5) is 0 Å². The molecule has 0 unspecified atom stereocenters. The number of phenolic OH excluding ortho intramolecular Hbond substituents is 1. The summed E-state index contributed by atoms with van der Waals surface area (Å²) in [6, 6.07) is 5.01. The summed E-state index contributed by atoms with van der Waals surface area (Å²) in [4.78, 5) is 10.6. The topological polar surface area (TPSA) is 49.3 Å². The first kappa shape index (κ1) is 12.6. The Morgan fingerprint density at radius 1 is 1.56 bits per heavy atom. The van der Waals surface area contributed by atoms with Crippen molar-refractivity contribution in [3.63, 3.8) is 0 Å². The Labute approximate surface area is 99.7 Å². The predicted molar refractivity (Wildman–Crippen MR) is 65.5 cm³/mol. The molecule has 0 aromatic heterocycles. The molecule has 0 atom stereocenters. The highest BCUT2D eigenvalue weighted by Crippen LogP contribution is 2.24. The molecule has 0 spiro atoms. The highest BCUT2D eigenvalue weighted by atomic mass is 35.5. The molecule has 1 aromatic rings. The van der Waals surface area contributed by atoms with Gasteiger partial charge in [-0.1, -0.05) is 29.8 Å². The average Bonchev–Trinajstić information content (AvgIpc) is 2.22. The van der Waals surface area contributed by atoms with Crippen LogP contribution in [0.1, 0.15) is 18.9 Å². The number of benzene rings is 1. The SMILES string of the molecule is CC(=O)NCCC=Cc1ccc(O)c(Cl)c1. The van der Waals surface area contributed by atoms with Crippen LogP contribution in [0.25, 0.3) is 6.08 Å². The highest BCUT2D eigenvalue weighted by Gasteiger charge is 1.96. The minimum absolute atomic E-state index is 0.0268. The van der Waals surface area contributed by atoms with Gasteiger partial charge in [0.2, 0.25) is 5.91 Å². The lowest BCUT2D eigenvalue weighted by atomic mass is 10.2. The Hall–Kier alpha value is -1.48. The fraction of sp³-hybridized carbons (Fsp3) is 0.250. The molecule has 1 amide bonds. The van der Waals surface area contributed by atoms with Crippen molar-refractivity contribution in [3.05, 3.63) is 34.9 Å². The van der Waals surface area contributed by atoms with Gasteiger partial charge < -0.3 is 10.4 Å². The van der Waals surface area contributed by atoms with Gasteiger partial charge in [-0.2, -0.15) is 0 Å². The molecule has 86 valence electrons. The molecule has 4 heteroatoms. The molecule has 0 bridgehead atoms. The van der Waals surface area contributed by atoms with Crippen molar-refractivity contribution in [2.75, 3.05) is 6.54 Å². The Kier molecular flexibility index (Phi) is 4.86. The van der Waals surface area contributed by atoms with E-state index in [2.05, 4.69) is 5.32 Å². The van der Waals surface area contributed by atoms with Crippen LogP contribution in [-0.4, -0.2) is 17.6 Å². The molecule has 0 aliphatic rings. The van der Waals surface area contributed by atoms with Gasteiger partial charge in [-0.25, -0.2) is 0 Å². The molecular formula is C12H14ClNO2. The summed E-state index contributed by atoms with van der Waals surface area (Å²) in [5.41, 5.74) is 0.922. The second-order valence-electron chi connectivity index (χ2n) is 3.38. The lowest BCUT2D eigenvalue weighted by Crippen LogP contribution is -2.20. The summed E-state index contributed by atoms with van der Waals surface area (Å²) in [7, 11) is 0. The summed E-state index contributed by atoms with van der Waals surface area (Å²) in [6.45, 7) is 2.11. The zero-order valence-corrected chi connectivity index (χ0v) is 9.79. The van der Waals surface area contributed by atoms with Gasteiger partial charge in [-0.3, -0.25) is 4.79 Å². The molecule has 3 nitrogen and oxygen atoms in total. The van der Waals surface area contributed by atoms with Crippen LogP contribution in [0.5, 0.6) is 5.75 Å². The molecule has 0 fully saturated rings. The molecule has 0 saturated carbocycles. The number of amides is 1. The minimum atomic E-state index is -0.0268. The zero-order chi connectivity index (χ0) is 12.0. The Balaban J connectivity index is 2.44. The van der Waals surface area contributed by atoms with E-state index in [-0.39, 0.29) is 11.7 Å². The van der Waals surface area contributed by atoms with Crippen LogP contribution in [0, 0.1) is 0 Å². The summed E-state index contributed by atoms with van der Waals surface area (Å²) in [6.07, 6.45) is 4.60. The lowest BCUT2D eigenvalue weighted by molar-refractivity contribution is -0.118. The number of hydrogen-bond donors (Lipinski definition) is 2. The number of hydrogen-bond acceptors (Lipinski definition) is 2. The van der Waals surface area contributed by atoms with E-state index in [0.717, 1.165) is 12.0 Å². The van der Waals surface area contributed by atoms with Gasteiger partial charge in [0.15, 0.2) is 0 Å².